The Labute approximate surface area is 122 Å². The Balaban J connectivity index is 2.17. The molecule has 1 aromatic heterocycles. The lowest BCUT2D eigenvalue weighted by Gasteiger charge is -2.10. The number of anilines is 2. The molecule has 0 aromatic carbocycles. The van der Waals surface area contributed by atoms with E-state index in [9.17, 15) is 4.79 Å². The van der Waals surface area contributed by atoms with E-state index in [4.69, 9.17) is 10.5 Å². The molecule has 1 aliphatic carbocycles. The molecule has 0 amide bonds. The van der Waals surface area contributed by atoms with E-state index in [-0.39, 0.29) is 5.97 Å². The summed E-state index contributed by atoms with van der Waals surface area (Å²) >= 11 is 2.96. The van der Waals surface area contributed by atoms with Crippen molar-refractivity contribution in [2.75, 3.05) is 30.5 Å². The van der Waals surface area contributed by atoms with E-state index in [1.165, 1.54) is 24.2 Å². The van der Waals surface area contributed by atoms with Crippen molar-refractivity contribution in [3.05, 3.63) is 4.88 Å². The molecule has 1 saturated carbocycles. The van der Waals surface area contributed by atoms with Crippen LogP contribution in [0.2, 0.25) is 0 Å². The summed E-state index contributed by atoms with van der Waals surface area (Å²) < 4.78 is 5.03. The van der Waals surface area contributed by atoms with Gasteiger partial charge in [-0.2, -0.15) is 0 Å². The van der Waals surface area contributed by atoms with Gasteiger partial charge < -0.3 is 15.8 Å². The topological polar surface area (TPSA) is 64.3 Å². The Kier molecular flexibility index (Phi) is 4.30. The van der Waals surface area contributed by atoms with Crippen molar-refractivity contribution < 1.29 is 9.53 Å². The minimum absolute atomic E-state index is 0.328. The van der Waals surface area contributed by atoms with Crippen LogP contribution in [-0.4, -0.2) is 25.4 Å². The van der Waals surface area contributed by atoms with Crippen LogP contribution in [0.4, 0.5) is 10.7 Å². The standard InChI is InChI=1S/C13H20N2O2S2/c1-4-17-12(16)10-8(14)9(18-3)11(19-10)15-7-13(2)5-6-13/h15H,4-7,14H2,1-3H3. The Morgan fingerprint density at radius 1 is 1.58 bits per heavy atom. The molecule has 0 radical (unpaired) electrons. The molecule has 3 N–H and O–H groups in total. The Morgan fingerprint density at radius 2 is 2.26 bits per heavy atom. The van der Waals surface area contributed by atoms with E-state index in [0.717, 1.165) is 16.4 Å². The van der Waals surface area contributed by atoms with Crippen LogP contribution in [0, 0.1) is 5.41 Å². The zero-order valence-electron chi connectivity index (χ0n) is 11.5. The molecule has 1 heterocycles. The molecule has 1 aromatic rings. The van der Waals surface area contributed by atoms with Crippen LogP contribution in [-0.2, 0) is 4.74 Å². The van der Waals surface area contributed by atoms with E-state index >= 15 is 0 Å². The van der Waals surface area contributed by atoms with Crippen LogP contribution in [0.5, 0.6) is 0 Å². The number of hydrogen-bond donors (Lipinski definition) is 2. The number of carbonyl (C=O) groups excluding carboxylic acids is 1. The van der Waals surface area contributed by atoms with Gasteiger partial charge in [-0.05, 0) is 31.4 Å². The molecule has 6 heteroatoms. The monoisotopic (exact) mass is 300 g/mol. The van der Waals surface area contributed by atoms with E-state index < -0.39 is 0 Å². The van der Waals surface area contributed by atoms with Crippen LogP contribution in [0.15, 0.2) is 4.90 Å². The molecule has 106 valence electrons. The fourth-order valence-corrected chi connectivity index (χ4v) is 3.70. The van der Waals surface area contributed by atoms with Crippen LogP contribution in [0.3, 0.4) is 0 Å². The van der Waals surface area contributed by atoms with Gasteiger partial charge in [-0.1, -0.05) is 6.92 Å². The highest BCUT2D eigenvalue weighted by molar-refractivity contribution is 7.99. The van der Waals surface area contributed by atoms with Gasteiger partial charge in [0.1, 0.15) is 9.88 Å². The fraction of sp³-hybridized carbons (Fsp3) is 0.615. The van der Waals surface area contributed by atoms with Gasteiger partial charge in [0.25, 0.3) is 0 Å². The lowest BCUT2D eigenvalue weighted by atomic mass is 10.1. The second kappa shape index (κ2) is 5.63. The lowest BCUT2D eigenvalue weighted by molar-refractivity contribution is 0.0533. The third-order valence-electron chi connectivity index (χ3n) is 3.34. The molecule has 0 saturated heterocycles. The number of rotatable bonds is 6. The number of nitrogens with one attached hydrogen (secondary N) is 1. The van der Waals surface area contributed by atoms with Crippen LogP contribution in [0.1, 0.15) is 36.4 Å². The summed E-state index contributed by atoms with van der Waals surface area (Å²) in [5.74, 6) is -0.328. The highest BCUT2D eigenvalue weighted by Crippen LogP contribution is 2.47. The van der Waals surface area contributed by atoms with Crippen LogP contribution in [0.25, 0.3) is 0 Å². The Morgan fingerprint density at radius 3 is 2.79 bits per heavy atom. The quantitative estimate of drug-likeness (QED) is 0.622. The number of nitrogen functional groups attached to an aromatic ring is 1. The first-order valence-corrected chi connectivity index (χ1v) is 8.42. The number of thiophene rings is 1. The first kappa shape index (κ1) is 14.5. The third-order valence-corrected chi connectivity index (χ3v) is 5.45. The number of carbonyl (C=O) groups is 1. The largest absolute Gasteiger partial charge is 0.462 e. The zero-order valence-corrected chi connectivity index (χ0v) is 13.2. The SMILES string of the molecule is CCOC(=O)c1sc(NCC2(C)CC2)c(SC)c1N. The number of hydrogen-bond acceptors (Lipinski definition) is 6. The molecule has 0 atom stereocenters. The van der Waals surface area contributed by atoms with E-state index in [1.807, 2.05) is 6.26 Å². The van der Waals surface area contributed by atoms with E-state index in [0.29, 0.717) is 22.6 Å². The maximum Gasteiger partial charge on any atom is 0.350 e. The smallest absolute Gasteiger partial charge is 0.350 e. The molecular weight excluding hydrogens is 280 g/mol. The summed E-state index contributed by atoms with van der Waals surface area (Å²) in [4.78, 5) is 13.3. The molecule has 2 rings (SSSR count). The summed E-state index contributed by atoms with van der Waals surface area (Å²) in [6.45, 7) is 5.36. The summed E-state index contributed by atoms with van der Waals surface area (Å²) in [7, 11) is 0. The van der Waals surface area contributed by atoms with Crippen molar-refractivity contribution in [3.8, 4) is 0 Å². The second-order valence-electron chi connectivity index (χ2n) is 5.09. The Hall–Kier alpha value is -0.880. The molecule has 1 aliphatic rings. The number of thioether (sulfide) groups is 1. The lowest BCUT2D eigenvalue weighted by Crippen LogP contribution is -2.11. The van der Waals surface area contributed by atoms with Crippen molar-refractivity contribution >= 4 is 39.8 Å². The molecular formula is C13H20N2O2S2. The number of esters is 1. The maximum atomic E-state index is 11.8. The number of nitrogens with two attached hydrogens (primary N) is 1. The van der Waals surface area contributed by atoms with Crippen molar-refractivity contribution in [3.63, 3.8) is 0 Å². The van der Waals surface area contributed by atoms with Crippen LogP contribution >= 0.6 is 23.1 Å². The van der Waals surface area contributed by atoms with Gasteiger partial charge in [-0.15, -0.1) is 23.1 Å². The molecule has 4 nitrogen and oxygen atoms in total. The van der Waals surface area contributed by atoms with Gasteiger partial charge in [0.15, 0.2) is 0 Å². The summed E-state index contributed by atoms with van der Waals surface area (Å²) in [6.07, 6.45) is 4.50. The molecule has 0 spiro atoms. The second-order valence-corrected chi connectivity index (χ2v) is 6.93. The highest BCUT2D eigenvalue weighted by Gasteiger charge is 2.37. The molecule has 0 bridgehead atoms. The predicted molar refractivity (Wildman–Crippen MR) is 82.3 cm³/mol. The Bertz CT molecular complexity index is 481. The van der Waals surface area contributed by atoms with Gasteiger partial charge in [0.05, 0.1) is 17.2 Å². The zero-order chi connectivity index (χ0) is 14.0. The molecule has 19 heavy (non-hydrogen) atoms. The van der Waals surface area contributed by atoms with Crippen molar-refractivity contribution in [1.29, 1.82) is 0 Å². The number of ether oxygens (including phenoxy) is 1. The van der Waals surface area contributed by atoms with Gasteiger partial charge >= 0.3 is 5.97 Å². The van der Waals surface area contributed by atoms with Crippen molar-refractivity contribution in [2.24, 2.45) is 5.41 Å². The first-order valence-electron chi connectivity index (χ1n) is 6.38. The third kappa shape index (κ3) is 3.17. The van der Waals surface area contributed by atoms with Gasteiger partial charge in [-0.25, -0.2) is 4.79 Å². The fourth-order valence-electron chi connectivity index (χ4n) is 1.78. The average molecular weight is 300 g/mol. The van der Waals surface area contributed by atoms with Gasteiger partial charge in [0, 0.05) is 6.54 Å². The average Bonchev–Trinajstić information content (AvgIpc) is 3.01. The summed E-state index contributed by atoms with van der Waals surface area (Å²) in [5, 5.41) is 4.42. The van der Waals surface area contributed by atoms with E-state index in [1.54, 1.807) is 18.7 Å². The normalized spacial score (nSPS) is 16.2. The van der Waals surface area contributed by atoms with E-state index in [2.05, 4.69) is 12.2 Å². The van der Waals surface area contributed by atoms with Gasteiger partial charge in [-0.3, -0.25) is 0 Å². The predicted octanol–water partition coefficient (Wildman–Crippen LogP) is 3.44. The van der Waals surface area contributed by atoms with Crippen molar-refractivity contribution in [2.45, 2.75) is 31.6 Å². The molecule has 0 unspecified atom stereocenters. The molecule has 1 fully saturated rings. The first-order chi connectivity index (χ1) is 9.00. The molecule has 0 aliphatic heterocycles. The minimum Gasteiger partial charge on any atom is -0.462 e. The summed E-state index contributed by atoms with van der Waals surface area (Å²) in [6, 6.07) is 0. The highest BCUT2D eigenvalue weighted by atomic mass is 32.2. The summed E-state index contributed by atoms with van der Waals surface area (Å²) in [5.41, 5.74) is 7.01. The van der Waals surface area contributed by atoms with Gasteiger partial charge in [0.2, 0.25) is 0 Å². The minimum atomic E-state index is -0.328. The van der Waals surface area contributed by atoms with Crippen LogP contribution < -0.4 is 11.1 Å². The maximum absolute atomic E-state index is 11.8. The van der Waals surface area contributed by atoms with Crippen molar-refractivity contribution in [1.82, 2.24) is 0 Å².